The van der Waals surface area contributed by atoms with Crippen LogP contribution in [0, 0.1) is 5.92 Å². The molecule has 30 heavy (non-hydrogen) atoms. The summed E-state index contributed by atoms with van der Waals surface area (Å²) in [6.45, 7) is 18.1. The number of hydrogen-bond donors (Lipinski definition) is 0. The molecule has 0 fully saturated rings. The van der Waals surface area contributed by atoms with Crippen LogP contribution in [0.25, 0.3) is 0 Å². The highest BCUT2D eigenvalue weighted by atomic mass is 14.5. The lowest BCUT2D eigenvalue weighted by molar-refractivity contribution is 0.554. The van der Waals surface area contributed by atoms with Crippen LogP contribution in [0.1, 0.15) is 126 Å². The summed E-state index contributed by atoms with van der Waals surface area (Å²) in [7, 11) is 0. The van der Waals surface area contributed by atoms with Crippen LogP contribution in [0.2, 0.25) is 0 Å². The third kappa shape index (κ3) is 20.0. The first-order chi connectivity index (χ1) is 14.2. The van der Waals surface area contributed by atoms with Gasteiger partial charge in [-0.05, 0) is 112 Å². The largest absolute Gasteiger partial charge is 0.0856 e. The highest BCUT2D eigenvalue weighted by Gasteiger charge is 1.96. The second-order valence-electron chi connectivity index (χ2n) is 9.96. The number of rotatable bonds is 16. The van der Waals surface area contributed by atoms with E-state index < -0.39 is 0 Å². The van der Waals surface area contributed by atoms with Crippen molar-refractivity contribution in [2.24, 2.45) is 5.92 Å². The molecular weight excluding hydrogens is 374 g/mol. The Hall–Kier alpha value is -1.30. The van der Waals surface area contributed by atoms with Gasteiger partial charge in [0.15, 0.2) is 0 Å². The Bertz CT molecular complexity index is 586. The van der Waals surface area contributed by atoms with Crippen LogP contribution < -0.4 is 0 Å². The van der Waals surface area contributed by atoms with Crippen LogP contribution >= 0.6 is 0 Å². The van der Waals surface area contributed by atoms with Crippen molar-refractivity contribution in [1.82, 2.24) is 0 Å². The molecule has 0 atom stereocenters. The minimum atomic E-state index is 0.832. The van der Waals surface area contributed by atoms with E-state index >= 15 is 0 Å². The maximum Gasteiger partial charge on any atom is -0.0288 e. The van der Waals surface area contributed by atoms with Crippen LogP contribution in [0.3, 0.4) is 0 Å². The summed E-state index contributed by atoms with van der Waals surface area (Å²) in [6.07, 6.45) is 25.6. The van der Waals surface area contributed by atoms with Gasteiger partial charge in [-0.3, -0.25) is 0 Å². The Balaban J connectivity index is 4.01. The lowest BCUT2D eigenvalue weighted by atomic mass is 10.3. The van der Waals surface area contributed by atoms with Gasteiger partial charge in [-0.2, -0.15) is 0 Å². The summed E-state index contributed by atoms with van der Waals surface area (Å²) in [5, 5.41) is 0. The van der Waals surface area contributed by atoms with E-state index in [1.54, 1.807) is 11.1 Å². The van der Waals surface area contributed by atoms with Gasteiger partial charge in [-0.1, -0.05) is 78.5 Å². The maximum atomic E-state index is 2.46. The van der Waals surface area contributed by atoms with E-state index in [4.69, 9.17) is 0 Å². The van der Waals surface area contributed by atoms with E-state index in [1.807, 2.05) is 0 Å². The van der Waals surface area contributed by atoms with Gasteiger partial charge in [0.1, 0.15) is 0 Å². The van der Waals surface area contributed by atoms with Crippen LogP contribution in [0.15, 0.2) is 58.2 Å². The van der Waals surface area contributed by atoms with Crippen molar-refractivity contribution in [3.63, 3.8) is 0 Å². The molecule has 0 aromatic carbocycles. The molecule has 0 aliphatic carbocycles. The maximum absolute atomic E-state index is 2.46. The number of hydrogen-bond acceptors (Lipinski definition) is 0. The molecule has 0 saturated heterocycles. The van der Waals surface area contributed by atoms with Crippen molar-refractivity contribution in [3.8, 4) is 0 Å². The summed E-state index contributed by atoms with van der Waals surface area (Å²) in [4.78, 5) is 0. The van der Waals surface area contributed by atoms with Crippen molar-refractivity contribution < 1.29 is 0 Å². The van der Waals surface area contributed by atoms with Gasteiger partial charge in [-0.15, -0.1) is 0 Å². The highest BCUT2D eigenvalue weighted by molar-refractivity contribution is 5.07. The molecule has 0 unspecified atom stereocenters. The standard InChI is InChI=1S/C30H52/c1-25(2)15-11-19-29(7)23-13-21-27(5)17-9-10-18-28(6)22-14-24-30(8)20-12-16-26(3)4/h15,17-18,23-24,26H,9-14,16,19-22H2,1-8H3/b27-17+,28-18+,29-23+,30-24+/i1+1,2+1,3+1,4+1,5+1,6+1,7+1,8+1,9+1,10+1,11+1,12+1,13+1,14+1. The molecule has 0 amide bonds. The third-order valence-corrected chi connectivity index (χ3v) is 5.66. The van der Waals surface area contributed by atoms with E-state index in [9.17, 15) is 0 Å². The molecule has 0 heterocycles. The quantitative estimate of drug-likeness (QED) is 0.131. The van der Waals surface area contributed by atoms with E-state index in [0.717, 1.165) is 5.92 Å². The molecule has 0 rings (SSSR count). The van der Waals surface area contributed by atoms with Crippen LogP contribution in [0.4, 0.5) is 0 Å². The predicted octanol–water partition coefficient (Wildman–Crippen LogP) is 10.7. The van der Waals surface area contributed by atoms with Crippen molar-refractivity contribution in [2.75, 3.05) is 0 Å². The van der Waals surface area contributed by atoms with Crippen LogP contribution in [-0.2, 0) is 0 Å². The SMILES string of the molecule is [13CH3]C([13CH3])=C[13CH2]C/C([13CH3])=C/[13CH2]C/C([13CH3])=C/[13CH2][13CH2]/C=C(\[13CH3])C[13CH2]/C=C(\[13CH3])C[13CH2]CC([13CH3])[13CH3]. The second kappa shape index (κ2) is 18.5. The van der Waals surface area contributed by atoms with Crippen molar-refractivity contribution >= 4 is 0 Å². The summed E-state index contributed by atoms with van der Waals surface area (Å²) in [5.41, 5.74) is 7.61. The molecule has 0 heteroatoms. The fraction of sp³-hybridized carbons (Fsp3) is 0.667. The fourth-order valence-corrected chi connectivity index (χ4v) is 3.54. The first kappa shape index (κ1) is 28.7. The second-order valence-corrected chi connectivity index (χ2v) is 9.96. The summed E-state index contributed by atoms with van der Waals surface area (Å²) in [5.74, 6) is 0.832. The monoisotopic (exact) mass is 426 g/mol. The zero-order chi connectivity index (χ0) is 22.8. The lowest BCUT2D eigenvalue weighted by Crippen LogP contribution is -1.87. The predicted molar refractivity (Wildman–Crippen MR) is 140 cm³/mol. The lowest BCUT2D eigenvalue weighted by Gasteiger charge is -2.05. The zero-order valence-corrected chi connectivity index (χ0v) is 21.7. The Morgan fingerprint density at radius 1 is 0.500 bits per heavy atom. The summed E-state index contributed by atoms with van der Waals surface area (Å²) >= 11 is 0. The van der Waals surface area contributed by atoms with Gasteiger partial charge in [0.05, 0.1) is 0 Å². The highest BCUT2D eigenvalue weighted by Crippen LogP contribution is 2.15. The van der Waals surface area contributed by atoms with E-state index in [1.165, 1.54) is 87.3 Å². The molecule has 0 aromatic heterocycles. The molecule has 0 bridgehead atoms. The van der Waals surface area contributed by atoms with Crippen LogP contribution in [-0.4, -0.2) is 0 Å². The summed E-state index contributed by atoms with van der Waals surface area (Å²) in [6, 6.07) is 0. The number of allylic oxidation sites excluding steroid dienone is 10. The van der Waals surface area contributed by atoms with E-state index in [0.29, 0.717) is 0 Å². The topological polar surface area (TPSA) is 0 Å². The molecule has 0 aromatic rings. The Labute approximate surface area is 190 Å². The molecule has 0 radical (unpaired) electrons. The van der Waals surface area contributed by atoms with Gasteiger partial charge in [0.2, 0.25) is 0 Å². The average molecular weight is 427 g/mol. The first-order valence-corrected chi connectivity index (χ1v) is 12.5. The Morgan fingerprint density at radius 3 is 1.27 bits per heavy atom. The molecule has 0 nitrogen and oxygen atoms in total. The molecule has 0 aliphatic rings. The minimum absolute atomic E-state index is 0.832. The summed E-state index contributed by atoms with van der Waals surface area (Å²) < 4.78 is 0. The molecule has 0 spiro atoms. The van der Waals surface area contributed by atoms with Gasteiger partial charge in [-0.25, -0.2) is 0 Å². The first-order valence-electron chi connectivity index (χ1n) is 12.5. The fourth-order valence-electron chi connectivity index (χ4n) is 3.54. The van der Waals surface area contributed by atoms with Crippen molar-refractivity contribution in [1.29, 1.82) is 0 Å². The molecule has 0 N–H and O–H groups in total. The minimum Gasteiger partial charge on any atom is -0.0856 e. The van der Waals surface area contributed by atoms with Crippen LogP contribution in [0.5, 0.6) is 0 Å². The zero-order valence-electron chi connectivity index (χ0n) is 21.7. The van der Waals surface area contributed by atoms with Gasteiger partial charge >= 0.3 is 0 Å². The number of unbranched alkanes of at least 4 members (excludes halogenated alkanes) is 1. The van der Waals surface area contributed by atoms with Crippen molar-refractivity contribution in [2.45, 2.75) is 126 Å². The van der Waals surface area contributed by atoms with E-state index in [2.05, 4.69) is 85.8 Å². The normalized spacial score (nSPS) is 13.9. The third-order valence-electron chi connectivity index (χ3n) is 5.66. The van der Waals surface area contributed by atoms with E-state index in [-0.39, 0.29) is 0 Å². The average Bonchev–Trinajstić information content (AvgIpc) is 2.64. The molecule has 172 valence electrons. The van der Waals surface area contributed by atoms with Gasteiger partial charge in [0, 0.05) is 0 Å². The Morgan fingerprint density at radius 2 is 0.867 bits per heavy atom. The molecular formula is C30H52. The molecule has 0 aliphatic heterocycles. The Kier molecular flexibility index (Phi) is 17.7. The van der Waals surface area contributed by atoms with Crippen molar-refractivity contribution in [3.05, 3.63) is 58.2 Å². The molecule has 0 saturated carbocycles. The smallest absolute Gasteiger partial charge is 0.0288 e. The van der Waals surface area contributed by atoms with Gasteiger partial charge in [0.25, 0.3) is 0 Å². The van der Waals surface area contributed by atoms with Gasteiger partial charge < -0.3 is 0 Å².